The van der Waals surface area contributed by atoms with Gasteiger partial charge in [0, 0.05) is 20.1 Å². The second-order valence-electron chi connectivity index (χ2n) is 3.92. The molecule has 0 aliphatic rings. The Kier molecular flexibility index (Phi) is 4.92. The zero-order valence-corrected chi connectivity index (χ0v) is 13.3. The number of carbonyl (C=O) groups is 1. The zero-order valence-electron chi connectivity index (χ0n) is 10.2. The summed E-state index contributed by atoms with van der Waals surface area (Å²) in [4.78, 5) is 11.8. The number of hydrazone groups is 1. The molecular formula is C14H10Br2N2O2. The summed E-state index contributed by atoms with van der Waals surface area (Å²) in [5.74, 6) is -0.174. The van der Waals surface area contributed by atoms with Crippen molar-refractivity contribution in [3.05, 3.63) is 62.5 Å². The smallest absolute Gasteiger partial charge is 0.271 e. The molecule has 2 aromatic rings. The quantitative estimate of drug-likeness (QED) is 0.612. The Labute approximate surface area is 132 Å². The van der Waals surface area contributed by atoms with Gasteiger partial charge in [0.2, 0.25) is 0 Å². The first-order valence-corrected chi connectivity index (χ1v) is 7.22. The van der Waals surface area contributed by atoms with Crippen molar-refractivity contribution in [2.24, 2.45) is 5.10 Å². The predicted octanol–water partition coefficient (Wildman–Crippen LogP) is 3.68. The Hall–Kier alpha value is -1.66. The number of carbonyl (C=O) groups excluding carboxylic acids is 1. The van der Waals surface area contributed by atoms with Crippen molar-refractivity contribution in [3.63, 3.8) is 0 Å². The Morgan fingerprint density at radius 2 is 2.00 bits per heavy atom. The first kappa shape index (κ1) is 14.7. The molecule has 2 N–H and O–H groups in total. The van der Waals surface area contributed by atoms with Crippen LogP contribution in [0.15, 0.2) is 56.5 Å². The van der Waals surface area contributed by atoms with Gasteiger partial charge in [-0.2, -0.15) is 5.10 Å². The molecule has 102 valence electrons. The van der Waals surface area contributed by atoms with Crippen molar-refractivity contribution >= 4 is 44.0 Å². The van der Waals surface area contributed by atoms with Crippen LogP contribution in [0.3, 0.4) is 0 Å². The average Bonchev–Trinajstić information content (AvgIpc) is 2.42. The molecule has 1 amide bonds. The van der Waals surface area contributed by atoms with E-state index in [1.54, 1.807) is 36.4 Å². The molecule has 0 heterocycles. The predicted molar refractivity (Wildman–Crippen MR) is 85.0 cm³/mol. The minimum atomic E-state index is -0.307. The summed E-state index contributed by atoms with van der Waals surface area (Å²) in [6.45, 7) is 0. The highest BCUT2D eigenvalue weighted by molar-refractivity contribution is 9.10. The van der Waals surface area contributed by atoms with Crippen molar-refractivity contribution in [1.82, 2.24) is 5.43 Å². The lowest BCUT2D eigenvalue weighted by atomic mass is 10.2. The monoisotopic (exact) mass is 396 g/mol. The molecule has 4 nitrogen and oxygen atoms in total. The van der Waals surface area contributed by atoms with Crippen molar-refractivity contribution in [3.8, 4) is 5.75 Å². The van der Waals surface area contributed by atoms with E-state index in [1.807, 2.05) is 6.07 Å². The molecular weight excluding hydrogens is 388 g/mol. The number of phenolic OH excluding ortho intramolecular Hbond substituents is 1. The summed E-state index contributed by atoms with van der Waals surface area (Å²) in [5.41, 5.74) is 3.60. The van der Waals surface area contributed by atoms with E-state index in [9.17, 15) is 9.90 Å². The van der Waals surface area contributed by atoms with Crippen LogP contribution in [0.5, 0.6) is 5.75 Å². The number of amides is 1. The molecule has 0 spiro atoms. The normalized spacial score (nSPS) is 10.7. The van der Waals surface area contributed by atoms with Crippen molar-refractivity contribution in [1.29, 1.82) is 0 Å². The molecule has 20 heavy (non-hydrogen) atoms. The molecule has 0 aliphatic carbocycles. The maximum Gasteiger partial charge on any atom is 0.271 e. The lowest BCUT2D eigenvalue weighted by molar-refractivity contribution is 0.0955. The van der Waals surface area contributed by atoms with Crippen LogP contribution in [-0.2, 0) is 0 Å². The number of phenols is 1. The van der Waals surface area contributed by atoms with Crippen molar-refractivity contribution in [2.45, 2.75) is 0 Å². The van der Waals surface area contributed by atoms with Crippen molar-refractivity contribution < 1.29 is 9.90 Å². The third-order valence-electron chi connectivity index (χ3n) is 2.44. The number of hydrogen-bond acceptors (Lipinski definition) is 3. The van der Waals surface area contributed by atoms with Gasteiger partial charge in [-0.15, -0.1) is 0 Å². The summed E-state index contributed by atoms with van der Waals surface area (Å²) < 4.78 is 1.60. The summed E-state index contributed by atoms with van der Waals surface area (Å²) >= 11 is 6.63. The lowest BCUT2D eigenvalue weighted by Gasteiger charge is -2.01. The number of halogens is 2. The van der Waals surface area contributed by atoms with Crippen LogP contribution in [-0.4, -0.2) is 17.2 Å². The highest BCUT2D eigenvalue weighted by Crippen LogP contribution is 2.19. The molecule has 0 fully saturated rings. The third-order valence-corrected chi connectivity index (χ3v) is 3.65. The molecule has 2 aromatic carbocycles. The van der Waals surface area contributed by atoms with E-state index in [0.29, 0.717) is 11.1 Å². The van der Waals surface area contributed by atoms with E-state index in [4.69, 9.17) is 0 Å². The number of nitrogens with one attached hydrogen (secondary N) is 1. The van der Waals surface area contributed by atoms with Crippen molar-refractivity contribution in [2.75, 3.05) is 0 Å². The summed E-state index contributed by atoms with van der Waals surface area (Å²) in [7, 11) is 0. The SMILES string of the molecule is O=C(NN=Cc1cc(O)ccc1Br)c1cccc(Br)c1. The van der Waals surface area contributed by atoms with E-state index in [2.05, 4.69) is 42.4 Å². The van der Waals surface area contributed by atoms with Gasteiger partial charge in [0.15, 0.2) is 0 Å². The van der Waals surface area contributed by atoms with Gasteiger partial charge in [-0.05, 0) is 36.4 Å². The number of hydrogen-bond donors (Lipinski definition) is 2. The first-order chi connectivity index (χ1) is 9.56. The van der Waals surface area contributed by atoms with Gasteiger partial charge in [-0.3, -0.25) is 4.79 Å². The van der Waals surface area contributed by atoms with Gasteiger partial charge in [0.1, 0.15) is 5.75 Å². The van der Waals surface area contributed by atoms with Gasteiger partial charge in [-0.25, -0.2) is 5.43 Å². The highest BCUT2D eigenvalue weighted by Gasteiger charge is 2.04. The lowest BCUT2D eigenvalue weighted by Crippen LogP contribution is -2.17. The van der Waals surface area contributed by atoms with E-state index in [0.717, 1.165) is 8.95 Å². The molecule has 0 bridgehead atoms. The van der Waals surface area contributed by atoms with Gasteiger partial charge in [0.05, 0.1) is 6.21 Å². The zero-order chi connectivity index (χ0) is 14.5. The van der Waals surface area contributed by atoms with E-state index in [1.165, 1.54) is 6.21 Å². The third kappa shape index (κ3) is 3.91. The molecule has 0 aromatic heterocycles. The minimum absolute atomic E-state index is 0.132. The largest absolute Gasteiger partial charge is 0.508 e. The number of aromatic hydroxyl groups is 1. The number of benzene rings is 2. The van der Waals surface area contributed by atoms with Crippen LogP contribution in [0, 0.1) is 0 Å². The molecule has 0 saturated carbocycles. The number of rotatable bonds is 3. The second-order valence-corrected chi connectivity index (χ2v) is 5.69. The van der Waals surface area contributed by atoms with Crippen LogP contribution >= 0.6 is 31.9 Å². The van der Waals surface area contributed by atoms with E-state index in [-0.39, 0.29) is 11.7 Å². The van der Waals surface area contributed by atoms with E-state index < -0.39 is 0 Å². The van der Waals surface area contributed by atoms with Crippen LogP contribution in [0.25, 0.3) is 0 Å². The van der Waals surface area contributed by atoms with Gasteiger partial charge in [0.25, 0.3) is 5.91 Å². The first-order valence-electron chi connectivity index (χ1n) is 5.64. The molecule has 0 radical (unpaired) electrons. The summed E-state index contributed by atoms with van der Waals surface area (Å²) in [6, 6.07) is 11.8. The highest BCUT2D eigenvalue weighted by atomic mass is 79.9. The van der Waals surface area contributed by atoms with Crippen LogP contribution in [0.1, 0.15) is 15.9 Å². The Morgan fingerprint density at radius 3 is 2.75 bits per heavy atom. The molecule has 2 rings (SSSR count). The Bertz CT molecular complexity index is 672. The van der Waals surface area contributed by atoms with E-state index >= 15 is 0 Å². The standard InChI is InChI=1S/C14H10Br2N2O2/c15-11-3-1-2-9(6-11)14(20)18-17-8-10-7-12(19)4-5-13(10)16/h1-8,19H,(H,18,20). The maximum absolute atomic E-state index is 11.8. The van der Waals surface area contributed by atoms with Crippen LogP contribution in [0.4, 0.5) is 0 Å². The second kappa shape index (κ2) is 6.67. The fourth-order valence-corrected chi connectivity index (χ4v) is 2.23. The van der Waals surface area contributed by atoms with Crippen LogP contribution < -0.4 is 5.43 Å². The van der Waals surface area contributed by atoms with Gasteiger partial charge < -0.3 is 5.11 Å². The molecule has 0 saturated heterocycles. The molecule has 6 heteroatoms. The molecule has 0 aliphatic heterocycles. The topological polar surface area (TPSA) is 61.7 Å². The average molecular weight is 398 g/mol. The summed E-state index contributed by atoms with van der Waals surface area (Å²) in [5, 5.41) is 13.2. The fraction of sp³-hybridized carbons (Fsp3) is 0. The fourth-order valence-electron chi connectivity index (χ4n) is 1.48. The maximum atomic E-state index is 11.8. The molecule has 0 atom stereocenters. The Morgan fingerprint density at radius 1 is 1.20 bits per heavy atom. The Balaban J connectivity index is 2.06. The van der Waals surface area contributed by atoms with Crippen LogP contribution in [0.2, 0.25) is 0 Å². The molecule has 0 unspecified atom stereocenters. The summed E-state index contributed by atoms with van der Waals surface area (Å²) in [6.07, 6.45) is 1.46. The number of nitrogens with zero attached hydrogens (tertiary/aromatic N) is 1. The van der Waals surface area contributed by atoms with Gasteiger partial charge >= 0.3 is 0 Å². The minimum Gasteiger partial charge on any atom is -0.508 e. The van der Waals surface area contributed by atoms with Gasteiger partial charge in [-0.1, -0.05) is 37.9 Å².